The molecule has 0 bridgehead atoms. The van der Waals surface area contributed by atoms with Crippen molar-refractivity contribution in [2.75, 3.05) is 25.5 Å². The van der Waals surface area contributed by atoms with Gasteiger partial charge in [-0.05, 0) is 70.5 Å². The first-order valence-electron chi connectivity index (χ1n) is 10.3. The Balaban J connectivity index is 2.31. The van der Waals surface area contributed by atoms with Crippen molar-refractivity contribution >= 4 is 45.5 Å². The number of carbonyl (C=O) groups excluding carboxylic acids is 2. The lowest BCUT2D eigenvalue weighted by atomic mass is 10.0. The normalized spacial score (nSPS) is 11.6. The first-order chi connectivity index (χ1) is 14.6. The fourth-order valence-corrected chi connectivity index (χ4v) is 4.96. The molecule has 1 unspecified atom stereocenters. The van der Waals surface area contributed by atoms with E-state index in [1.807, 2.05) is 20.8 Å². The standard InChI is InChI=1S/C23H31N3O3S2/c1-8-26(9-2)21(27)19-15(5)18(22(28)29-7)20(31-19)25-23(30)24-16(6)17-12-13(3)10-11-14(17)4/h10-12,16H,8-9H2,1-7H3,(H2,24,25,30). The van der Waals surface area contributed by atoms with Gasteiger partial charge in [0.25, 0.3) is 5.91 Å². The summed E-state index contributed by atoms with van der Waals surface area (Å²) >= 11 is 6.75. The Morgan fingerprint density at radius 2 is 1.84 bits per heavy atom. The number of hydrogen-bond acceptors (Lipinski definition) is 5. The van der Waals surface area contributed by atoms with E-state index in [0.717, 1.165) is 5.56 Å². The number of thiocarbonyl (C=S) groups is 1. The Kier molecular flexibility index (Phi) is 8.59. The van der Waals surface area contributed by atoms with Crippen LogP contribution in [0.5, 0.6) is 0 Å². The van der Waals surface area contributed by atoms with E-state index in [-0.39, 0.29) is 11.9 Å². The summed E-state index contributed by atoms with van der Waals surface area (Å²) in [4.78, 5) is 27.6. The minimum absolute atomic E-state index is 0.0284. The highest BCUT2D eigenvalue weighted by Gasteiger charge is 2.27. The Labute approximate surface area is 194 Å². The van der Waals surface area contributed by atoms with Crippen LogP contribution in [0, 0.1) is 20.8 Å². The molecule has 0 aliphatic rings. The lowest BCUT2D eigenvalue weighted by Crippen LogP contribution is -2.31. The molecule has 0 spiro atoms. The van der Waals surface area contributed by atoms with Gasteiger partial charge in [-0.15, -0.1) is 11.3 Å². The zero-order chi connectivity index (χ0) is 23.3. The van der Waals surface area contributed by atoms with Gasteiger partial charge in [0.15, 0.2) is 5.11 Å². The molecule has 1 heterocycles. The first-order valence-corrected chi connectivity index (χ1v) is 11.5. The smallest absolute Gasteiger partial charge is 0.341 e. The minimum atomic E-state index is -0.500. The summed E-state index contributed by atoms with van der Waals surface area (Å²) in [5.41, 5.74) is 4.43. The largest absolute Gasteiger partial charge is 0.465 e. The number of nitrogens with one attached hydrogen (secondary N) is 2. The Morgan fingerprint density at radius 3 is 2.42 bits per heavy atom. The van der Waals surface area contributed by atoms with Gasteiger partial charge in [-0.2, -0.15) is 0 Å². The summed E-state index contributed by atoms with van der Waals surface area (Å²) < 4.78 is 4.96. The van der Waals surface area contributed by atoms with Crippen molar-refractivity contribution in [2.45, 2.75) is 47.6 Å². The summed E-state index contributed by atoms with van der Waals surface area (Å²) in [6, 6.07) is 6.26. The number of carbonyl (C=O) groups is 2. The van der Waals surface area contributed by atoms with Gasteiger partial charge in [0.1, 0.15) is 5.00 Å². The van der Waals surface area contributed by atoms with E-state index in [2.05, 4.69) is 42.7 Å². The van der Waals surface area contributed by atoms with Gasteiger partial charge in [-0.25, -0.2) is 4.79 Å². The first kappa shape index (κ1) is 24.8. The van der Waals surface area contributed by atoms with Crippen LogP contribution in [0.4, 0.5) is 5.00 Å². The van der Waals surface area contributed by atoms with Crippen LogP contribution in [-0.2, 0) is 4.74 Å². The number of amides is 1. The molecule has 1 amide bonds. The number of methoxy groups -OCH3 is 1. The maximum atomic E-state index is 12.9. The molecule has 2 aromatic rings. The quantitative estimate of drug-likeness (QED) is 0.447. The van der Waals surface area contributed by atoms with Gasteiger partial charge in [0.2, 0.25) is 0 Å². The average molecular weight is 462 g/mol. The van der Waals surface area contributed by atoms with Crippen LogP contribution in [0.3, 0.4) is 0 Å². The van der Waals surface area contributed by atoms with Gasteiger partial charge in [0.05, 0.1) is 23.6 Å². The van der Waals surface area contributed by atoms with E-state index in [1.54, 1.807) is 11.8 Å². The molecular weight excluding hydrogens is 430 g/mol. The predicted octanol–water partition coefficient (Wildman–Crippen LogP) is 4.99. The fourth-order valence-electron chi connectivity index (χ4n) is 3.45. The van der Waals surface area contributed by atoms with E-state index < -0.39 is 5.97 Å². The van der Waals surface area contributed by atoms with Crippen LogP contribution in [0.2, 0.25) is 0 Å². The second-order valence-electron chi connectivity index (χ2n) is 7.41. The van der Waals surface area contributed by atoms with E-state index in [0.29, 0.717) is 39.2 Å². The molecule has 0 aliphatic carbocycles. The number of benzene rings is 1. The molecule has 168 valence electrons. The van der Waals surface area contributed by atoms with E-state index in [1.165, 1.54) is 29.6 Å². The van der Waals surface area contributed by atoms with Crippen LogP contribution < -0.4 is 10.6 Å². The molecule has 2 rings (SSSR count). The second-order valence-corrected chi connectivity index (χ2v) is 8.84. The summed E-state index contributed by atoms with van der Waals surface area (Å²) in [6.07, 6.45) is 0. The number of aryl methyl sites for hydroxylation is 2. The molecule has 0 saturated carbocycles. The van der Waals surface area contributed by atoms with Crippen molar-refractivity contribution in [1.82, 2.24) is 10.2 Å². The lowest BCUT2D eigenvalue weighted by molar-refractivity contribution is 0.0601. The van der Waals surface area contributed by atoms with Crippen LogP contribution in [0.1, 0.15) is 69.1 Å². The third kappa shape index (κ3) is 5.62. The molecule has 0 radical (unpaired) electrons. The van der Waals surface area contributed by atoms with Gasteiger partial charge in [-0.1, -0.05) is 23.8 Å². The Hall–Kier alpha value is -2.45. The number of ether oxygens (including phenoxy) is 1. The van der Waals surface area contributed by atoms with Crippen molar-refractivity contribution in [3.8, 4) is 0 Å². The molecule has 0 aliphatic heterocycles. The van der Waals surface area contributed by atoms with Gasteiger partial charge >= 0.3 is 5.97 Å². The van der Waals surface area contributed by atoms with Crippen LogP contribution >= 0.6 is 23.6 Å². The van der Waals surface area contributed by atoms with E-state index in [4.69, 9.17) is 17.0 Å². The maximum Gasteiger partial charge on any atom is 0.341 e. The van der Waals surface area contributed by atoms with Crippen LogP contribution in [0.15, 0.2) is 18.2 Å². The van der Waals surface area contributed by atoms with Crippen molar-refractivity contribution in [3.63, 3.8) is 0 Å². The SMILES string of the molecule is CCN(CC)C(=O)c1sc(NC(=S)NC(C)c2cc(C)ccc2C)c(C(=O)OC)c1C. The zero-order valence-corrected chi connectivity index (χ0v) is 20.8. The molecule has 1 atom stereocenters. The van der Waals surface area contributed by atoms with E-state index in [9.17, 15) is 9.59 Å². The molecule has 2 N–H and O–H groups in total. The van der Waals surface area contributed by atoms with Crippen molar-refractivity contribution in [3.05, 3.63) is 50.9 Å². The van der Waals surface area contributed by atoms with E-state index >= 15 is 0 Å². The predicted molar refractivity (Wildman–Crippen MR) is 131 cm³/mol. The van der Waals surface area contributed by atoms with Crippen molar-refractivity contribution in [2.24, 2.45) is 0 Å². The number of hydrogen-bond donors (Lipinski definition) is 2. The number of esters is 1. The topological polar surface area (TPSA) is 70.7 Å². The maximum absolute atomic E-state index is 12.9. The molecule has 1 aromatic carbocycles. The number of rotatable bonds is 7. The highest BCUT2D eigenvalue weighted by molar-refractivity contribution is 7.80. The summed E-state index contributed by atoms with van der Waals surface area (Å²) in [5, 5.41) is 7.28. The number of thiophene rings is 1. The molecule has 0 fully saturated rings. The summed E-state index contributed by atoms with van der Waals surface area (Å²) in [6.45, 7) is 13.0. The van der Waals surface area contributed by atoms with Crippen LogP contribution in [0.25, 0.3) is 0 Å². The third-order valence-corrected chi connectivity index (χ3v) is 6.67. The highest BCUT2D eigenvalue weighted by atomic mass is 32.1. The summed E-state index contributed by atoms with van der Waals surface area (Å²) in [5.74, 6) is -0.603. The molecule has 1 aromatic heterocycles. The van der Waals surface area contributed by atoms with Gasteiger partial charge < -0.3 is 20.3 Å². The van der Waals surface area contributed by atoms with Crippen LogP contribution in [-0.4, -0.2) is 42.1 Å². The number of anilines is 1. The fraction of sp³-hybridized carbons (Fsp3) is 0.435. The minimum Gasteiger partial charge on any atom is -0.465 e. The molecule has 6 nitrogen and oxygen atoms in total. The molecule has 0 saturated heterocycles. The number of nitrogens with zero attached hydrogens (tertiary/aromatic N) is 1. The van der Waals surface area contributed by atoms with Crippen molar-refractivity contribution < 1.29 is 14.3 Å². The average Bonchev–Trinajstić information content (AvgIpc) is 3.05. The zero-order valence-electron chi connectivity index (χ0n) is 19.2. The van der Waals surface area contributed by atoms with Gasteiger partial charge in [-0.3, -0.25) is 4.79 Å². The molecular formula is C23H31N3O3S2. The molecule has 8 heteroatoms. The lowest BCUT2D eigenvalue weighted by Gasteiger charge is -2.19. The summed E-state index contributed by atoms with van der Waals surface area (Å²) in [7, 11) is 1.33. The monoisotopic (exact) mass is 461 g/mol. The Bertz CT molecular complexity index is 981. The van der Waals surface area contributed by atoms with Gasteiger partial charge in [0, 0.05) is 13.1 Å². The van der Waals surface area contributed by atoms with Crippen molar-refractivity contribution in [1.29, 1.82) is 0 Å². The molecule has 31 heavy (non-hydrogen) atoms. The third-order valence-electron chi connectivity index (χ3n) is 5.26. The second kappa shape index (κ2) is 10.7. The highest BCUT2D eigenvalue weighted by Crippen LogP contribution is 2.34. The Morgan fingerprint density at radius 1 is 1.19 bits per heavy atom.